The molecular formula is C27H44O2. The Kier molecular flexibility index (Phi) is 5.84. The van der Waals surface area contributed by atoms with E-state index in [0.717, 1.165) is 37.5 Å². The van der Waals surface area contributed by atoms with Gasteiger partial charge in [-0.25, -0.2) is 0 Å². The molecule has 2 heteroatoms. The number of hydrogen-bond acceptors (Lipinski definition) is 2. The van der Waals surface area contributed by atoms with E-state index in [-0.39, 0.29) is 23.5 Å². The lowest BCUT2D eigenvalue weighted by Crippen LogP contribution is -2.53. The van der Waals surface area contributed by atoms with Crippen LogP contribution in [0.2, 0.25) is 0 Å². The molecule has 0 aromatic heterocycles. The Morgan fingerprint density at radius 1 is 1.14 bits per heavy atom. The van der Waals surface area contributed by atoms with Gasteiger partial charge in [0.15, 0.2) is 0 Å². The largest absolute Gasteiger partial charge is 0.393 e. The zero-order chi connectivity index (χ0) is 21.0. The maximum atomic E-state index is 11.1. The maximum absolute atomic E-state index is 11.1. The molecule has 0 aromatic rings. The number of rotatable bonds is 4. The third-order valence-electron chi connectivity index (χ3n) is 9.91. The second kappa shape index (κ2) is 7.83. The average Bonchev–Trinajstić information content (AvgIpc) is 3.00. The van der Waals surface area contributed by atoms with E-state index in [4.69, 9.17) is 0 Å². The number of hydrogen-bond donors (Lipinski definition) is 2. The van der Waals surface area contributed by atoms with Crippen LogP contribution in [0.4, 0.5) is 0 Å². The van der Waals surface area contributed by atoms with Gasteiger partial charge in [0.05, 0.1) is 12.2 Å². The molecule has 2 nitrogen and oxygen atoms in total. The van der Waals surface area contributed by atoms with Crippen molar-refractivity contribution < 1.29 is 10.2 Å². The molecular weight excluding hydrogens is 356 g/mol. The van der Waals surface area contributed by atoms with Crippen LogP contribution < -0.4 is 0 Å². The third-order valence-corrected chi connectivity index (χ3v) is 9.91. The van der Waals surface area contributed by atoms with Crippen LogP contribution in [0.5, 0.6) is 0 Å². The van der Waals surface area contributed by atoms with E-state index in [0.29, 0.717) is 11.3 Å². The van der Waals surface area contributed by atoms with E-state index in [1.165, 1.54) is 44.1 Å². The van der Waals surface area contributed by atoms with Crippen LogP contribution in [-0.2, 0) is 0 Å². The zero-order valence-corrected chi connectivity index (χ0v) is 19.5. The molecule has 4 rings (SSSR count). The summed E-state index contributed by atoms with van der Waals surface area (Å²) >= 11 is 0. The van der Waals surface area contributed by atoms with Crippen molar-refractivity contribution in [1.29, 1.82) is 0 Å². The highest BCUT2D eigenvalue weighted by Crippen LogP contribution is 2.65. The second-order valence-electron chi connectivity index (χ2n) is 11.8. The van der Waals surface area contributed by atoms with Gasteiger partial charge in [-0.3, -0.25) is 0 Å². The first-order valence-electron chi connectivity index (χ1n) is 12.4. The normalized spacial score (nSPS) is 45.3. The highest BCUT2D eigenvalue weighted by molar-refractivity contribution is 5.35. The molecule has 0 radical (unpaired) electrons. The zero-order valence-electron chi connectivity index (χ0n) is 19.5. The van der Waals surface area contributed by atoms with Gasteiger partial charge in [0.25, 0.3) is 0 Å². The molecule has 0 bridgehead atoms. The molecule has 4 aliphatic carbocycles. The topological polar surface area (TPSA) is 40.5 Å². The van der Waals surface area contributed by atoms with Crippen molar-refractivity contribution in [2.24, 2.45) is 34.5 Å². The number of aliphatic hydroxyl groups is 2. The Morgan fingerprint density at radius 2 is 1.90 bits per heavy atom. The van der Waals surface area contributed by atoms with E-state index in [9.17, 15) is 10.2 Å². The molecule has 8 atom stereocenters. The van der Waals surface area contributed by atoms with E-state index >= 15 is 0 Å². The van der Waals surface area contributed by atoms with Gasteiger partial charge in [0, 0.05) is 0 Å². The molecule has 0 spiro atoms. The summed E-state index contributed by atoms with van der Waals surface area (Å²) in [7, 11) is 0. The summed E-state index contributed by atoms with van der Waals surface area (Å²) in [5, 5.41) is 21.4. The van der Waals surface area contributed by atoms with Gasteiger partial charge >= 0.3 is 0 Å². The first kappa shape index (κ1) is 21.6. The van der Waals surface area contributed by atoms with Crippen molar-refractivity contribution in [1.82, 2.24) is 0 Å². The molecule has 0 aliphatic heterocycles. The Bertz CT molecular complexity index is 687. The van der Waals surface area contributed by atoms with Crippen molar-refractivity contribution in [3.63, 3.8) is 0 Å². The van der Waals surface area contributed by atoms with Crippen molar-refractivity contribution >= 4 is 0 Å². The summed E-state index contributed by atoms with van der Waals surface area (Å²) in [5.41, 5.74) is 5.38. The maximum Gasteiger partial charge on any atom is 0.0612 e. The minimum absolute atomic E-state index is 0.188. The Labute approximate surface area is 178 Å². The number of aliphatic hydroxyl groups excluding tert-OH is 2. The molecule has 4 aliphatic rings. The fourth-order valence-corrected chi connectivity index (χ4v) is 8.30. The van der Waals surface area contributed by atoms with Crippen LogP contribution in [0.25, 0.3) is 0 Å². The molecule has 0 amide bonds. The highest BCUT2D eigenvalue weighted by atomic mass is 16.3. The predicted octanol–water partition coefficient (Wildman–Crippen LogP) is 6.42. The second-order valence-corrected chi connectivity index (χ2v) is 11.8. The highest BCUT2D eigenvalue weighted by Gasteiger charge is 2.57. The van der Waals surface area contributed by atoms with Gasteiger partial charge < -0.3 is 10.2 Å². The van der Waals surface area contributed by atoms with Gasteiger partial charge in [-0.15, -0.1) is 0 Å². The quantitative estimate of drug-likeness (QED) is 0.534. The lowest BCUT2D eigenvalue weighted by molar-refractivity contribution is -0.0962. The summed E-state index contributed by atoms with van der Waals surface area (Å²) in [6.45, 7) is 11.9. The fourth-order valence-electron chi connectivity index (χ4n) is 8.30. The van der Waals surface area contributed by atoms with Crippen LogP contribution >= 0.6 is 0 Å². The van der Waals surface area contributed by atoms with E-state index < -0.39 is 0 Å². The van der Waals surface area contributed by atoms with Gasteiger partial charge in [-0.2, -0.15) is 0 Å². The lowest BCUT2D eigenvalue weighted by Gasteiger charge is -2.58. The van der Waals surface area contributed by atoms with E-state index in [2.05, 4.69) is 40.7 Å². The van der Waals surface area contributed by atoms with Crippen molar-refractivity contribution in [3.8, 4) is 0 Å². The summed E-state index contributed by atoms with van der Waals surface area (Å²) in [4.78, 5) is 0. The molecule has 0 aromatic carbocycles. The van der Waals surface area contributed by atoms with Crippen LogP contribution in [0.1, 0.15) is 98.8 Å². The summed E-state index contributed by atoms with van der Waals surface area (Å²) in [6, 6.07) is 0. The molecule has 3 saturated carbocycles. The molecule has 2 N–H and O–H groups in total. The van der Waals surface area contributed by atoms with E-state index in [1.54, 1.807) is 11.1 Å². The Balaban J connectivity index is 1.60. The van der Waals surface area contributed by atoms with Crippen LogP contribution in [0.3, 0.4) is 0 Å². The average molecular weight is 401 g/mol. The first-order valence-corrected chi connectivity index (χ1v) is 12.4. The van der Waals surface area contributed by atoms with Crippen LogP contribution in [-0.4, -0.2) is 22.4 Å². The Hall–Kier alpha value is -0.600. The van der Waals surface area contributed by atoms with Gasteiger partial charge in [0.1, 0.15) is 0 Å². The van der Waals surface area contributed by atoms with Gasteiger partial charge in [0.2, 0.25) is 0 Å². The fraction of sp³-hybridized carbons (Fsp3) is 0.852. The van der Waals surface area contributed by atoms with Crippen molar-refractivity contribution in [2.45, 2.75) is 111 Å². The predicted molar refractivity (Wildman–Crippen MR) is 120 cm³/mol. The summed E-state index contributed by atoms with van der Waals surface area (Å²) in [5.74, 6) is 2.50. The molecule has 29 heavy (non-hydrogen) atoms. The summed E-state index contributed by atoms with van der Waals surface area (Å²) < 4.78 is 0. The molecule has 3 fully saturated rings. The number of allylic oxidation sites excluding steroid dienone is 3. The summed E-state index contributed by atoms with van der Waals surface area (Å²) in [6.07, 6.45) is 13.4. The lowest BCUT2D eigenvalue weighted by atomic mass is 9.48. The SMILES string of the molecule is CC(C)=CCCC(C)C1CCC2=C3CC(O)C4CC(O)CCC4(C)C3CCC21C. The van der Waals surface area contributed by atoms with Gasteiger partial charge in [-0.05, 0) is 113 Å². The first-order chi connectivity index (χ1) is 13.7. The standard InChI is InChI=1S/C27H44O2/c1-17(2)7-6-8-18(3)21-9-10-22-20-16-25(29)24-15-19(28)11-13-27(24,5)23(20)12-14-26(21,22)4/h7,18-19,21,23-25,28-29H,6,8-16H2,1-5H3. The Morgan fingerprint density at radius 3 is 2.62 bits per heavy atom. The molecule has 0 saturated heterocycles. The third kappa shape index (κ3) is 3.57. The van der Waals surface area contributed by atoms with Crippen molar-refractivity contribution in [2.75, 3.05) is 0 Å². The minimum atomic E-state index is -0.259. The monoisotopic (exact) mass is 400 g/mol. The molecule has 0 heterocycles. The van der Waals surface area contributed by atoms with Gasteiger partial charge in [-0.1, -0.05) is 43.6 Å². The van der Waals surface area contributed by atoms with Crippen LogP contribution in [0.15, 0.2) is 22.8 Å². The van der Waals surface area contributed by atoms with Crippen molar-refractivity contribution in [3.05, 3.63) is 22.8 Å². The van der Waals surface area contributed by atoms with E-state index in [1.807, 2.05) is 0 Å². The number of fused-ring (bicyclic) bond motifs is 4. The molecule has 164 valence electrons. The van der Waals surface area contributed by atoms with Crippen LogP contribution in [0, 0.1) is 34.5 Å². The minimum Gasteiger partial charge on any atom is -0.393 e. The molecule has 8 unspecified atom stereocenters. The smallest absolute Gasteiger partial charge is 0.0612 e.